The van der Waals surface area contributed by atoms with E-state index in [4.69, 9.17) is 8.83 Å². The third kappa shape index (κ3) is 4.18. The van der Waals surface area contributed by atoms with Gasteiger partial charge in [-0.05, 0) is 43.6 Å². The third-order valence-electron chi connectivity index (χ3n) is 6.69. The number of hydrogen-bond acceptors (Lipinski definition) is 7. The fourth-order valence-corrected chi connectivity index (χ4v) is 4.79. The smallest absolute Gasteiger partial charge is 0.338 e. The molecule has 0 amide bonds. The number of fused-ring (bicyclic) bond motifs is 1. The average molecular weight is 484 g/mol. The molecule has 2 aromatic carbocycles. The van der Waals surface area contributed by atoms with E-state index in [0.717, 1.165) is 48.7 Å². The quantitative estimate of drug-likeness (QED) is 0.376. The van der Waals surface area contributed by atoms with Crippen molar-refractivity contribution in [3.63, 3.8) is 0 Å². The molecular formula is C27H25N5O4. The van der Waals surface area contributed by atoms with Crippen molar-refractivity contribution in [2.24, 2.45) is 7.05 Å². The van der Waals surface area contributed by atoms with Gasteiger partial charge in [-0.2, -0.15) is 4.98 Å². The Hall–Kier alpha value is -4.24. The monoisotopic (exact) mass is 483 g/mol. The van der Waals surface area contributed by atoms with E-state index in [1.165, 1.54) is 18.5 Å². The molecule has 1 aliphatic rings. The Bertz CT molecular complexity index is 1700. The second kappa shape index (κ2) is 9.09. The molecule has 1 saturated heterocycles. The summed E-state index contributed by atoms with van der Waals surface area (Å²) in [6.45, 7) is 3.63. The molecule has 9 heteroatoms. The van der Waals surface area contributed by atoms with E-state index in [1.807, 2.05) is 36.5 Å². The van der Waals surface area contributed by atoms with Crippen LogP contribution in [0.2, 0.25) is 0 Å². The Balaban J connectivity index is 1.34. The van der Waals surface area contributed by atoms with Gasteiger partial charge in [0.05, 0.1) is 24.0 Å². The first-order valence-electron chi connectivity index (χ1n) is 12.0. The maximum absolute atomic E-state index is 12.2. The fourth-order valence-electron chi connectivity index (χ4n) is 4.79. The van der Waals surface area contributed by atoms with Gasteiger partial charge in [-0.15, -0.1) is 0 Å². The Morgan fingerprint density at radius 1 is 0.889 bits per heavy atom. The summed E-state index contributed by atoms with van der Waals surface area (Å²) in [5.41, 5.74) is 3.35. The number of hydrogen-bond donors (Lipinski definition) is 0. The molecule has 0 saturated carbocycles. The number of benzene rings is 2. The summed E-state index contributed by atoms with van der Waals surface area (Å²) in [4.78, 5) is 35.8. The van der Waals surface area contributed by atoms with Crippen LogP contribution < -0.4 is 11.3 Å². The average Bonchev–Trinajstić information content (AvgIpc) is 3.60. The van der Waals surface area contributed by atoms with Crippen molar-refractivity contribution in [2.75, 3.05) is 13.1 Å². The zero-order chi connectivity index (χ0) is 24.6. The van der Waals surface area contributed by atoms with Gasteiger partial charge in [0.25, 0.3) is 0 Å². The molecule has 182 valence electrons. The molecule has 1 aliphatic heterocycles. The molecule has 2 bridgehead atoms. The number of nitrogens with zero attached hydrogens (tertiary/aromatic N) is 5. The van der Waals surface area contributed by atoms with Crippen LogP contribution in [-0.2, 0) is 20.1 Å². The van der Waals surface area contributed by atoms with Gasteiger partial charge in [0, 0.05) is 31.3 Å². The molecule has 0 spiro atoms. The van der Waals surface area contributed by atoms with Crippen molar-refractivity contribution in [1.82, 2.24) is 24.0 Å². The van der Waals surface area contributed by atoms with Crippen LogP contribution in [0, 0.1) is 0 Å². The molecular weight excluding hydrogens is 458 g/mol. The molecule has 0 aliphatic carbocycles. The molecule has 36 heavy (non-hydrogen) atoms. The van der Waals surface area contributed by atoms with Crippen molar-refractivity contribution >= 4 is 22.5 Å². The van der Waals surface area contributed by atoms with Crippen molar-refractivity contribution in [3.8, 4) is 11.4 Å². The third-order valence-corrected chi connectivity index (χ3v) is 6.69. The topological polar surface area (TPSA) is 99.3 Å². The fraction of sp³-hybridized carbons (Fsp3) is 0.259. The van der Waals surface area contributed by atoms with E-state index in [9.17, 15) is 9.59 Å². The Morgan fingerprint density at radius 3 is 2.42 bits per heavy atom. The van der Waals surface area contributed by atoms with Gasteiger partial charge < -0.3 is 13.4 Å². The maximum atomic E-state index is 12.2. The molecule has 9 nitrogen and oxygen atoms in total. The van der Waals surface area contributed by atoms with Crippen LogP contribution in [0.15, 0.2) is 79.2 Å². The zero-order valence-electron chi connectivity index (χ0n) is 19.9. The first kappa shape index (κ1) is 22.2. The molecule has 0 N–H and O–H groups in total. The van der Waals surface area contributed by atoms with Gasteiger partial charge in [-0.1, -0.05) is 30.3 Å². The summed E-state index contributed by atoms with van der Waals surface area (Å²) in [5.74, 6) is 1.07. The minimum atomic E-state index is -0.693. The van der Waals surface area contributed by atoms with Crippen LogP contribution in [0.3, 0.4) is 0 Å². The van der Waals surface area contributed by atoms with Crippen molar-refractivity contribution in [2.45, 2.75) is 25.9 Å². The number of para-hydroxylation sites is 1. The maximum Gasteiger partial charge on any atom is 0.338 e. The highest BCUT2D eigenvalue weighted by Gasteiger charge is 2.16. The molecule has 1 fully saturated rings. The molecule has 3 aromatic heterocycles. The van der Waals surface area contributed by atoms with Crippen LogP contribution in [0.5, 0.6) is 0 Å². The SMILES string of the molecule is Cn1c(CN2CCCC2)cnc1-c1ccc(Cn2c3nc4c(cccc42)oc(=O)ccc(=O)o3)cc1. The van der Waals surface area contributed by atoms with Gasteiger partial charge in [-0.25, -0.2) is 14.6 Å². The summed E-state index contributed by atoms with van der Waals surface area (Å²) in [6, 6.07) is 15.5. The van der Waals surface area contributed by atoms with E-state index in [1.54, 1.807) is 16.7 Å². The predicted octanol–water partition coefficient (Wildman–Crippen LogP) is 3.70. The normalized spacial score (nSPS) is 14.1. The lowest BCUT2D eigenvalue weighted by molar-refractivity contribution is 0.323. The van der Waals surface area contributed by atoms with Gasteiger partial charge in [0.2, 0.25) is 0 Å². The molecule has 6 rings (SSSR count). The summed E-state index contributed by atoms with van der Waals surface area (Å²) in [6.07, 6.45) is 4.50. The minimum absolute atomic E-state index is 0.143. The molecule has 0 unspecified atom stereocenters. The predicted molar refractivity (Wildman–Crippen MR) is 135 cm³/mol. The lowest BCUT2D eigenvalue weighted by Gasteiger charge is -2.15. The lowest BCUT2D eigenvalue weighted by atomic mass is 10.1. The van der Waals surface area contributed by atoms with Crippen LogP contribution >= 0.6 is 0 Å². The molecule has 0 atom stereocenters. The minimum Gasteiger partial charge on any atom is -0.421 e. The Morgan fingerprint density at radius 2 is 1.64 bits per heavy atom. The summed E-state index contributed by atoms with van der Waals surface area (Å²) >= 11 is 0. The largest absolute Gasteiger partial charge is 0.421 e. The number of likely N-dealkylation sites (tertiary alicyclic amines) is 1. The van der Waals surface area contributed by atoms with Gasteiger partial charge in [-0.3, -0.25) is 9.47 Å². The van der Waals surface area contributed by atoms with E-state index in [2.05, 4.69) is 26.5 Å². The summed E-state index contributed by atoms with van der Waals surface area (Å²) in [5, 5.41) is 0. The van der Waals surface area contributed by atoms with Crippen LogP contribution in [0.1, 0.15) is 24.1 Å². The standard InChI is InChI=1S/C27H25N5O4/c1-30-20(17-31-13-2-3-14-31)15-28-26(30)19-9-7-18(8-10-19)16-32-21-5-4-6-22-25(21)29-27(32)36-24(34)12-11-23(33)35-22/h4-12,15H,2-3,13-14,16-17H2,1H3. The number of rotatable bonds is 5. The van der Waals surface area contributed by atoms with Crippen molar-refractivity contribution < 1.29 is 8.83 Å². The van der Waals surface area contributed by atoms with Gasteiger partial charge in [0.1, 0.15) is 11.3 Å². The van der Waals surface area contributed by atoms with Gasteiger partial charge in [0.15, 0.2) is 5.58 Å². The second-order valence-electron chi connectivity index (χ2n) is 9.09. The van der Waals surface area contributed by atoms with Crippen LogP contribution in [-0.4, -0.2) is 37.1 Å². The second-order valence-corrected chi connectivity index (χ2v) is 9.09. The highest BCUT2D eigenvalue weighted by Crippen LogP contribution is 2.24. The van der Waals surface area contributed by atoms with E-state index in [-0.39, 0.29) is 5.84 Å². The summed E-state index contributed by atoms with van der Waals surface area (Å²) < 4.78 is 14.8. The lowest BCUT2D eigenvalue weighted by Crippen LogP contribution is -2.20. The number of imidazole rings is 2. The van der Waals surface area contributed by atoms with E-state index in [0.29, 0.717) is 23.2 Å². The highest BCUT2D eigenvalue weighted by atomic mass is 16.4. The Labute approximate surface area is 205 Å². The highest BCUT2D eigenvalue weighted by molar-refractivity contribution is 5.91. The van der Waals surface area contributed by atoms with E-state index < -0.39 is 11.3 Å². The van der Waals surface area contributed by atoms with Crippen molar-refractivity contribution in [1.29, 1.82) is 0 Å². The first-order valence-corrected chi connectivity index (χ1v) is 12.0. The van der Waals surface area contributed by atoms with Crippen molar-refractivity contribution in [3.05, 3.63) is 92.9 Å². The van der Waals surface area contributed by atoms with Gasteiger partial charge >= 0.3 is 17.1 Å². The van der Waals surface area contributed by atoms with E-state index >= 15 is 0 Å². The molecule has 5 aromatic rings. The number of aromatic nitrogens is 4. The Kier molecular flexibility index (Phi) is 5.61. The molecule has 4 heterocycles. The van der Waals surface area contributed by atoms with Crippen LogP contribution in [0.4, 0.5) is 0 Å². The summed E-state index contributed by atoms with van der Waals surface area (Å²) in [7, 11) is 2.06. The first-order chi connectivity index (χ1) is 17.5. The zero-order valence-corrected chi connectivity index (χ0v) is 19.9. The molecule has 0 radical (unpaired) electrons. The van der Waals surface area contributed by atoms with Crippen LogP contribution in [0.25, 0.3) is 33.8 Å².